The number of aliphatic hydroxyl groups is 2. The van der Waals surface area contributed by atoms with Crippen LogP contribution in [0.3, 0.4) is 0 Å². The molecule has 5 rings (SSSR count). The van der Waals surface area contributed by atoms with Crippen molar-refractivity contribution in [2.45, 2.75) is 112 Å². The number of aliphatic hydroxyl groups excluding tert-OH is 2. The number of hydrogen-bond donors (Lipinski definition) is 2. The van der Waals surface area contributed by atoms with Crippen LogP contribution in [-0.2, 0) is 0 Å². The van der Waals surface area contributed by atoms with Gasteiger partial charge in [-0.2, -0.15) is 0 Å². The highest BCUT2D eigenvalue weighted by atomic mass is 16.3. The molecule has 0 bridgehead atoms. The third-order valence-corrected chi connectivity index (χ3v) is 13.5. The van der Waals surface area contributed by atoms with Gasteiger partial charge in [-0.05, 0) is 128 Å². The number of hydrogen-bond acceptors (Lipinski definition) is 2. The van der Waals surface area contributed by atoms with Crippen LogP contribution in [0.15, 0.2) is 12.2 Å². The zero-order chi connectivity index (χ0) is 23.3. The van der Waals surface area contributed by atoms with Gasteiger partial charge in [0.1, 0.15) is 0 Å². The summed E-state index contributed by atoms with van der Waals surface area (Å²) in [6.07, 6.45) is 12.2. The first-order valence-electron chi connectivity index (χ1n) is 13.8. The Labute approximate surface area is 197 Å². The topological polar surface area (TPSA) is 40.5 Å². The summed E-state index contributed by atoms with van der Waals surface area (Å²) in [5.74, 6) is 3.33. The van der Waals surface area contributed by atoms with Crippen molar-refractivity contribution in [3.05, 3.63) is 12.2 Å². The van der Waals surface area contributed by atoms with Gasteiger partial charge in [-0.25, -0.2) is 0 Å². The van der Waals surface area contributed by atoms with E-state index in [0.717, 1.165) is 18.3 Å². The van der Waals surface area contributed by atoms with E-state index in [1.807, 2.05) is 0 Å². The molecular weight excluding hydrogens is 392 g/mol. The van der Waals surface area contributed by atoms with Crippen molar-refractivity contribution in [1.82, 2.24) is 0 Å². The molecule has 5 saturated carbocycles. The van der Waals surface area contributed by atoms with Gasteiger partial charge in [0.15, 0.2) is 0 Å². The Morgan fingerprint density at radius 2 is 1.53 bits per heavy atom. The highest BCUT2D eigenvalue weighted by Crippen LogP contribution is 2.77. The van der Waals surface area contributed by atoms with Crippen LogP contribution >= 0.6 is 0 Å². The molecule has 5 fully saturated rings. The van der Waals surface area contributed by atoms with E-state index in [4.69, 9.17) is 0 Å². The van der Waals surface area contributed by atoms with Crippen molar-refractivity contribution < 1.29 is 10.2 Å². The fraction of sp³-hybridized carbons (Fsp3) is 0.933. The van der Waals surface area contributed by atoms with E-state index in [2.05, 4.69) is 48.1 Å². The average molecular weight is 443 g/mol. The molecule has 5 aliphatic carbocycles. The maximum atomic E-state index is 10.9. The first-order chi connectivity index (χ1) is 14.9. The molecule has 2 unspecified atom stereocenters. The lowest BCUT2D eigenvalue weighted by molar-refractivity contribution is -0.249. The molecule has 0 saturated heterocycles. The van der Waals surface area contributed by atoms with Crippen LogP contribution in [0.1, 0.15) is 106 Å². The Hall–Kier alpha value is -0.340. The molecule has 0 aromatic heterocycles. The maximum absolute atomic E-state index is 10.9. The molecule has 10 atom stereocenters. The summed E-state index contributed by atoms with van der Waals surface area (Å²) >= 11 is 0. The Balaban J connectivity index is 1.55. The highest BCUT2D eigenvalue weighted by molar-refractivity contribution is 5.21. The second-order valence-corrected chi connectivity index (χ2v) is 14.6. The average Bonchev–Trinajstić information content (AvgIpc) is 3.12. The van der Waals surface area contributed by atoms with Crippen LogP contribution in [0.2, 0.25) is 0 Å². The number of allylic oxidation sites excluding steroid dienone is 1. The molecule has 0 spiro atoms. The summed E-state index contributed by atoms with van der Waals surface area (Å²) in [5, 5.41) is 21.5. The minimum atomic E-state index is -0.147. The minimum absolute atomic E-state index is 0.0290. The predicted molar refractivity (Wildman–Crippen MR) is 132 cm³/mol. The fourth-order valence-electron chi connectivity index (χ4n) is 11.5. The highest BCUT2D eigenvalue weighted by Gasteiger charge is 2.70. The van der Waals surface area contributed by atoms with E-state index in [-0.39, 0.29) is 16.9 Å². The van der Waals surface area contributed by atoms with Crippen LogP contribution in [0.4, 0.5) is 0 Å². The van der Waals surface area contributed by atoms with Crippen molar-refractivity contribution in [3.8, 4) is 0 Å². The lowest BCUT2D eigenvalue weighted by atomic mass is 9.32. The lowest BCUT2D eigenvalue weighted by Crippen LogP contribution is -2.66. The van der Waals surface area contributed by atoms with E-state index in [1.54, 1.807) is 0 Å². The first kappa shape index (κ1) is 23.4. The van der Waals surface area contributed by atoms with Gasteiger partial charge >= 0.3 is 0 Å². The van der Waals surface area contributed by atoms with Gasteiger partial charge in [-0.3, -0.25) is 0 Å². The second-order valence-electron chi connectivity index (χ2n) is 14.6. The normalized spacial score (nSPS) is 56.5. The third-order valence-electron chi connectivity index (χ3n) is 13.5. The van der Waals surface area contributed by atoms with E-state index < -0.39 is 0 Å². The largest absolute Gasteiger partial charge is 0.396 e. The summed E-state index contributed by atoms with van der Waals surface area (Å²) < 4.78 is 0. The van der Waals surface area contributed by atoms with Gasteiger partial charge in [-0.1, -0.05) is 46.8 Å². The van der Waals surface area contributed by atoms with Crippen molar-refractivity contribution in [2.75, 3.05) is 6.61 Å². The summed E-state index contributed by atoms with van der Waals surface area (Å²) in [7, 11) is 0. The number of rotatable bonds is 2. The summed E-state index contributed by atoms with van der Waals surface area (Å²) in [6.45, 7) is 19.7. The molecular formula is C30H50O2. The van der Waals surface area contributed by atoms with E-state index in [9.17, 15) is 10.2 Å². The van der Waals surface area contributed by atoms with Crippen LogP contribution < -0.4 is 0 Å². The van der Waals surface area contributed by atoms with Crippen LogP contribution in [0.25, 0.3) is 0 Å². The molecule has 2 N–H and O–H groups in total. The van der Waals surface area contributed by atoms with Gasteiger partial charge in [0.2, 0.25) is 0 Å². The van der Waals surface area contributed by atoms with Crippen molar-refractivity contribution in [2.24, 2.45) is 56.7 Å². The number of fused-ring (bicyclic) bond motifs is 7. The van der Waals surface area contributed by atoms with Crippen molar-refractivity contribution in [3.63, 3.8) is 0 Å². The summed E-state index contributed by atoms with van der Waals surface area (Å²) in [6, 6.07) is 0. The van der Waals surface area contributed by atoms with Crippen LogP contribution in [0.5, 0.6) is 0 Å². The van der Waals surface area contributed by atoms with Crippen molar-refractivity contribution >= 4 is 0 Å². The molecule has 0 aromatic rings. The lowest BCUT2D eigenvalue weighted by Gasteiger charge is -2.73. The van der Waals surface area contributed by atoms with E-state index >= 15 is 0 Å². The molecule has 2 heteroatoms. The first-order valence-corrected chi connectivity index (χ1v) is 13.8. The predicted octanol–water partition coefficient (Wildman–Crippen LogP) is 7.00. The van der Waals surface area contributed by atoms with Gasteiger partial charge in [-0.15, -0.1) is 0 Å². The van der Waals surface area contributed by atoms with Crippen LogP contribution in [0, 0.1) is 56.7 Å². The molecule has 32 heavy (non-hydrogen) atoms. The van der Waals surface area contributed by atoms with Crippen LogP contribution in [-0.4, -0.2) is 22.9 Å². The Bertz CT molecular complexity index is 786. The molecule has 5 aliphatic rings. The van der Waals surface area contributed by atoms with Gasteiger partial charge in [0, 0.05) is 6.61 Å². The standard InChI is InChI=1S/C30H50O2/c1-19(2)20-10-15-30(18-31)17-16-28(6)21(25(20)30)8-9-23-27(5)13-12-24(32)26(3,4)22(27)11-14-29(23,28)7/h20-25,31-32H,1,8-18H2,2-7H3/t20?,21-,22+,23-,24+,25-,27+,28-,29-,30?/m1/s1. The van der Waals surface area contributed by atoms with E-state index in [1.165, 1.54) is 63.4 Å². The minimum Gasteiger partial charge on any atom is -0.396 e. The van der Waals surface area contributed by atoms with Crippen molar-refractivity contribution in [1.29, 1.82) is 0 Å². The van der Waals surface area contributed by atoms with Gasteiger partial charge in [0.05, 0.1) is 6.10 Å². The third kappa shape index (κ3) is 2.66. The molecule has 0 amide bonds. The fourth-order valence-corrected chi connectivity index (χ4v) is 11.5. The van der Waals surface area contributed by atoms with E-state index in [0.29, 0.717) is 40.6 Å². The molecule has 182 valence electrons. The summed E-state index contributed by atoms with van der Waals surface area (Å²) in [5.41, 5.74) is 2.60. The molecule has 0 heterocycles. The molecule has 0 aromatic carbocycles. The van der Waals surface area contributed by atoms with Gasteiger partial charge in [0.25, 0.3) is 0 Å². The Morgan fingerprint density at radius 3 is 2.19 bits per heavy atom. The zero-order valence-corrected chi connectivity index (χ0v) is 21.8. The Kier molecular flexibility index (Phi) is 5.19. The van der Waals surface area contributed by atoms with Gasteiger partial charge < -0.3 is 10.2 Å². The Morgan fingerprint density at radius 1 is 0.812 bits per heavy atom. The monoisotopic (exact) mass is 442 g/mol. The molecule has 0 radical (unpaired) electrons. The smallest absolute Gasteiger partial charge is 0.0594 e. The molecule has 2 nitrogen and oxygen atoms in total. The quantitative estimate of drug-likeness (QED) is 0.452. The SMILES string of the molecule is C=C(C)C1CCC2(CO)CC[C@]3(C)[C@H](CC[C@@H]4[C@@]5(C)CC[C@H](O)C(C)(C)[C@@H]5CC[C@]43C)[C@@H]12. The second kappa shape index (κ2) is 7.09. The molecule has 0 aliphatic heterocycles. The maximum Gasteiger partial charge on any atom is 0.0594 e. The zero-order valence-electron chi connectivity index (χ0n) is 21.8. The summed E-state index contributed by atoms with van der Waals surface area (Å²) in [4.78, 5) is 0.